The van der Waals surface area contributed by atoms with Crippen molar-refractivity contribution >= 4 is 16.7 Å². The maximum Gasteiger partial charge on any atom is 0.272 e. The highest BCUT2D eigenvalue weighted by Gasteiger charge is 2.20. The second kappa shape index (κ2) is 5.42. The number of nitrogens with one attached hydrogen (secondary N) is 2. The van der Waals surface area contributed by atoms with E-state index in [9.17, 15) is 9.59 Å². The first-order chi connectivity index (χ1) is 9.75. The van der Waals surface area contributed by atoms with Gasteiger partial charge in [0.1, 0.15) is 0 Å². The first-order valence-electron chi connectivity index (χ1n) is 6.62. The maximum absolute atomic E-state index is 12.3. The van der Waals surface area contributed by atoms with Crippen molar-refractivity contribution in [3.05, 3.63) is 40.3 Å². The molecule has 6 heteroatoms. The van der Waals surface area contributed by atoms with E-state index in [1.54, 1.807) is 24.3 Å². The Balaban J connectivity index is 1.91. The van der Waals surface area contributed by atoms with Gasteiger partial charge in [0.05, 0.1) is 18.0 Å². The summed E-state index contributed by atoms with van der Waals surface area (Å²) in [6.07, 6.45) is 1.83. The number of fused-ring (bicyclic) bond motifs is 1. The number of amides is 1. The molecule has 0 radical (unpaired) electrons. The highest BCUT2D eigenvalue weighted by Crippen LogP contribution is 2.13. The number of hydrogen-bond acceptors (Lipinski definition) is 4. The predicted octanol–water partition coefficient (Wildman–Crippen LogP) is 0.832. The quantitative estimate of drug-likeness (QED) is 0.849. The van der Waals surface area contributed by atoms with Crippen molar-refractivity contribution in [3.63, 3.8) is 0 Å². The zero-order chi connectivity index (χ0) is 13.9. The number of carbonyl (C=O) groups is 1. The van der Waals surface area contributed by atoms with E-state index in [0.29, 0.717) is 17.4 Å². The second-order valence-corrected chi connectivity index (χ2v) is 4.83. The molecule has 2 N–H and O–H groups in total. The minimum absolute atomic E-state index is 0.00346. The number of H-pyrrole nitrogens is 1. The molecular weight excluding hydrogens is 258 g/mol. The largest absolute Gasteiger partial charge is 0.379 e. The van der Waals surface area contributed by atoms with E-state index >= 15 is 0 Å². The van der Waals surface area contributed by atoms with Crippen molar-refractivity contribution in [2.24, 2.45) is 0 Å². The number of aromatic nitrogens is 2. The van der Waals surface area contributed by atoms with Crippen LogP contribution in [-0.4, -0.2) is 35.4 Å². The SMILES string of the molecule is O=C(NC1CCCOC1)c1n[nH]c(=O)c2ccccc12. The molecule has 6 nitrogen and oxygen atoms in total. The molecule has 1 aliphatic rings. The maximum atomic E-state index is 12.3. The van der Waals surface area contributed by atoms with Gasteiger partial charge in [-0.15, -0.1) is 0 Å². The summed E-state index contributed by atoms with van der Waals surface area (Å²) in [5.41, 5.74) is -0.0519. The van der Waals surface area contributed by atoms with Crippen molar-refractivity contribution in [3.8, 4) is 0 Å². The van der Waals surface area contributed by atoms with Crippen LogP contribution < -0.4 is 10.9 Å². The number of ether oxygens (including phenoxy) is 1. The molecule has 2 heterocycles. The standard InChI is InChI=1S/C14H15N3O3/c18-13-11-6-2-1-5-10(11)12(16-17-13)14(19)15-9-4-3-7-20-8-9/h1-2,5-6,9H,3-4,7-8H2,(H,15,19)(H,17,18). The van der Waals surface area contributed by atoms with Crippen LogP contribution in [0.25, 0.3) is 10.8 Å². The van der Waals surface area contributed by atoms with Gasteiger partial charge >= 0.3 is 0 Å². The second-order valence-electron chi connectivity index (χ2n) is 4.83. The fourth-order valence-electron chi connectivity index (χ4n) is 2.40. The third-order valence-corrected chi connectivity index (χ3v) is 3.41. The molecule has 0 bridgehead atoms. The Kier molecular flexibility index (Phi) is 3.47. The first kappa shape index (κ1) is 12.8. The summed E-state index contributed by atoms with van der Waals surface area (Å²) in [5, 5.41) is 10.2. The van der Waals surface area contributed by atoms with Gasteiger partial charge < -0.3 is 10.1 Å². The third-order valence-electron chi connectivity index (χ3n) is 3.41. The molecule has 1 aromatic heterocycles. The summed E-state index contributed by atoms with van der Waals surface area (Å²) in [4.78, 5) is 24.0. The van der Waals surface area contributed by atoms with Crippen molar-refractivity contribution in [2.45, 2.75) is 18.9 Å². The molecule has 1 unspecified atom stereocenters. The van der Waals surface area contributed by atoms with Gasteiger partial charge in [0.2, 0.25) is 0 Å². The van der Waals surface area contributed by atoms with Gasteiger partial charge in [-0.25, -0.2) is 5.10 Å². The van der Waals surface area contributed by atoms with E-state index in [0.717, 1.165) is 19.4 Å². The Hall–Kier alpha value is -2.21. The summed E-state index contributed by atoms with van der Waals surface area (Å²) in [6, 6.07) is 6.95. The molecule has 0 spiro atoms. The van der Waals surface area contributed by atoms with E-state index < -0.39 is 0 Å². The van der Waals surface area contributed by atoms with E-state index in [2.05, 4.69) is 15.5 Å². The predicted molar refractivity (Wildman–Crippen MR) is 73.7 cm³/mol. The number of aromatic amines is 1. The fourth-order valence-corrected chi connectivity index (χ4v) is 2.40. The Bertz CT molecular complexity index is 689. The van der Waals surface area contributed by atoms with Crippen LogP contribution in [0.1, 0.15) is 23.3 Å². The minimum atomic E-state index is -0.293. The van der Waals surface area contributed by atoms with Crippen molar-refractivity contribution in [1.82, 2.24) is 15.5 Å². The molecule has 1 aromatic carbocycles. The van der Waals surface area contributed by atoms with Crippen LogP contribution in [0, 0.1) is 0 Å². The van der Waals surface area contributed by atoms with Gasteiger partial charge in [-0.05, 0) is 18.9 Å². The number of benzene rings is 1. The molecule has 104 valence electrons. The van der Waals surface area contributed by atoms with Gasteiger partial charge in [-0.3, -0.25) is 9.59 Å². The van der Waals surface area contributed by atoms with Gasteiger partial charge in [0, 0.05) is 12.0 Å². The molecule has 3 rings (SSSR count). The number of carbonyl (C=O) groups excluding carboxylic acids is 1. The smallest absolute Gasteiger partial charge is 0.272 e. The Labute approximate surface area is 115 Å². The Morgan fingerprint density at radius 2 is 2.15 bits per heavy atom. The fraction of sp³-hybridized carbons (Fsp3) is 0.357. The molecule has 1 atom stereocenters. The van der Waals surface area contributed by atoms with Crippen LogP contribution in [0.2, 0.25) is 0 Å². The first-order valence-corrected chi connectivity index (χ1v) is 6.62. The lowest BCUT2D eigenvalue weighted by Crippen LogP contribution is -2.41. The van der Waals surface area contributed by atoms with E-state index in [1.807, 2.05) is 0 Å². The van der Waals surface area contributed by atoms with Crippen molar-refractivity contribution in [1.29, 1.82) is 0 Å². The normalized spacial score (nSPS) is 18.9. The Morgan fingerprint density at radius 1 is 1.35 bits per heavy atom. The van der Waals surface area contributed by atoms with Crippen LogP contribution in [0.3, 0.4) is 0 Å². The zero-order valence-corrected chi connectivity index (χ0v) is 10.9. The lowest BCUT2D eigenvalue weighted by Gasteiger charge is -2.23. The summed E-state index contributed by atoms with van der Waals surface area (Å²) in [6.45, 7) is 1.26. The minimum Gasteiger partial charge on any atom is -0.379 e. The zero-order valence-electron chi connectivity index (χ0n) is 10.9. The number of hydrogen-bond donors (Lipinski definition) is 2. The van der Waals surface area contributed by atoms with Crippen molar-refractivity contribution < 1.29 is 9.53 Å². The van der Waals surface area contributed by atoms with Gasteiger partial charge in [0.15, 0.2) is 5.69 Å². The average Bonchev–Trinajstić information content (AvgIpc) is 2.49. The van der Waals surface area contributed by atoms with E-state index in [-0.39, 0.29) is 23.2 Å². The molecule has 1 fully saturated rings. The van der Waals surface area contributed by atoms with Crippen LogP contribution in [0.4, 0.5) is 0 Å². The lowest BCUT2D eigenvalue weighted by molar-refractivity contribution is 0.0622. The summed E-state index contributed by atoms with van der Waals surface area (Å²) < 4.78 is 5.33. The Morgan fingerprint density at radius 3 is 2.90 bits per heavy atom. The molecule has 0 aliphatic carbocycles. The monoisotopic (exact) mass is 273 g/mol. The van der Waals surface area contributed by atoms with E-state index in [4.69, 9.17) is 4.74 Å². The molecule has 2 aromatic rings. The van der Waals surface area contributed by atoms with Crippen LogP contribution in [0.5, 0.6) is 0 Å². The summed E-state index contributed by atoms with van der Waals surface area (Å²) >= 11 is 0. The van der Waals surface area contributed by atoms with Crippen LogP contribution in [-0.2, 0) is 4.74 Å². The molecular formula is C14H15N3O3. The van der Waals surface area contributed by atoms with E-state index in [1.165, 1.54) is 0 Å². The summed E-state index contributed by atoms with van der Waals surface area (Å²) in [7, 11) is 0. The highest BCUT2D eigenvalue weighted by atomic mass is 16.5. The molecule has 1 aliphatic heterocycles. The van der Waals surface area contributed by atoms with Crippen molar-refractivity contribution in [2.75, 3.05) is 13.2 Å². The molecule has 20 heavy (non-hydrogen) atoms. The van der Waals surface area contributed by atoms with Gasteiger partial charge in [-0.2, -0.15) is 5.10 Å². The summed E-state index contributed by atoms with van der Waals surface area (Å²) in [5.74, 6) is -0.284. The van der Waals surface area contributed by atoms with Gasteiger partial charge in [0.25, 0.3) is 11.5 Å². The molecule has 1 amide bonds. The van der Waals surface area contributed by atoms with Crippen LogP contribution in [0.15, 0.2) is 29.1 Å². The topological polar surface area (TPSA) is 84.1 Å². The average molecular weight is 273 g/mol. The van der Waals surface area contributed by atoms with Gasteiger partial charge in [-0.1, -0.05) is 18.2 Å². The molecule has 0 saturated carbocycles. The number of nitrogens with zero attached hydrogens (tertiary/aromatic N) is 1. The lowest BCUT2D eigenvalue weighted by atomic mass is 10.1. The third kappa shape index (κ3) is 2.42. The number of rotatable bonds is 2. The molecule has 1 saturated heterocycles. The van der Waals surface area contributed by atoms with Crippen LogP contribution >= 0.6 is 0 Å². The highest BCUT2D eigenvalue weighted by molar-refractivity contribution is 6.04.